The molecule has 1 fully saturated rings. The molecule has 0 bridgehead atoms. The fraction of sp³-hybridized carbons (Fsp3) is 0.824. The van der Waals surface area contributed by atoms with Gasteiger partial charge in [-0.25, -0.2) is 4.39 Å². The van der Waals surface area contributed by atoms with Gasteiger partial charge >= 0.3 is 0 Å². The van der Waals surface area contributed by atoms with E-state index in [1.54, 1.807) is 6.07 Å². The third-order valence-electron chi connectivity index (χ3n) is 4.34. The van der Waals surface area contributed by atoms with Crippen LogP contribution >= 0.6 is 0 Å². The van der Waals surface area contributed by atoms with E-state index in [4.69, 9.17) is 5.26 Å². The minimum absolute atomic E-state index is 0.243. The van der Waals surface area contributed by atoms with Crippen molar-refractivity contribution in [2.24, 2.45) is 17.8 Å². The van der Waals surface area contributed by atoms with Gasteiger partial charge in [0, 0.05) is 5.92 Å². The van der Waals surface area contributed by atoms with Crippen molar-refractivity contribution >= 4 is 0 Å². The Balaban J connectivity index is 2.35. The Hall–Kier alpha value is -1.02. The van der Waals surface area contributed by atoms with Crippen LogP contribution in [0.5, 0.6) is 0 Å². The Kier molecular flexibility index (Phi) is 7.57. The Morgan fingerprint density at radius 1 is 1.21 bits per heavy atom. The SMILES string of the molecule is CCCC(C#CC#N)C(F)CCC1CCC(C)CC1. The number of nitriles is 1. The van der Waals surface area contributed by atoms with Gasteiger partial charge in [0.05, 0.1) is 5.92 Å². The van der Waals surface area contributed by atoms with Gasteiger partial charge in [-0.05, 0) is 31.1 Å². The molecule has 0 aromatic heterocycles. The Labute approximate surface area is 117 Å². The molecule has 2 atom stereocenters. The number of hydrogen-bond acceptors (Lipinski definition) is 1. The van der Waals surface area contributed by atoms with Crippen LogP contribution in [-0.2, 0) is 0 Å². The lowest BCUT2D eigenvalue weighted by molar-refractivity contribution is 0.203. The molecule has 106 valence electrons. The lowest BCUT2D eigenvalue weighted by Gasteiger charge is -2.27. The van der Waals surface area contributed by atoms with Crippen molar-refractivity contribution in [3.8, 4) is 17.9 Å². The molecule has 19 heavy (non-hydrogen) atoms. The molecule has 1 saturated carbocycles. The standard InChI is InChI=1S/C17H26FN/c1-3-5-16(6-4-13-19)17(18)12-11-15-9-7-14(2)8-10-15/h14-17H,3,5,7-12H2,1-2H3. The van der Waals surface area contributed by atoms with Gasteiger partial charge in [0.15, 0.2) is 6.07 Å². The van der Waals surface area contributed by atoms with Gasteiger partial charge in [0.2, 0.25) is 0 Å². The molecular formula is C17H26FN. The monoisotopic (exact) mass is 263 g/mol. The predicted molar refractivity (Wildman–Crippen MR) is 77.0 cm³/mol. The van der Waals surface area contributed by atoms with E-state index in [0.29, 0.717) is 12.3 Å². The van der Waals surface area contributed by atoms with Crippen LogP contribution in [0.25, 0.3) is 0 Å². The average Bonchev–Trinajstić information content (AvgIpc) is 2.42. The largest absolute Gasteiger partial charge is 0.246 e. The minimum atomic E-state index is -0.861. The second-order valence-corrected chi connectivity index (χ2v) is 6.00. The van der Waals surface area contributed by atoms with E-state index >= 15 is 0 Å². The summed E-state index contributed by atoms with van der Waals surface area (Å²) in [6, 6.07) is 1.79. The molecule has 0 radical (unpaired) electrons. The highest BCUT2D eigenvalue weighted by Gasteiger charge is 2.22. The van der Waals surface area contributed by atoms with E-state index in [0.717, 1.165) is 25.2 Å². The van der Waals surface area contributed by atoms with Gasteiger partial charge < -0.3 is 0 Å². The minimum Gasteiger partial charge on any atom is -0.246 e. The van der Waals surface area contributed by atoms with Crippen molar-refractivity contribution in [1.82, 2.24) is 0 Å². The molecule has 0 spiro atoms. The summed E-state index contributed by atoms with van der Waals surface area (Å²) in [5.41, 5.74) is 0. The second kappa shape index (κ2) is 8.98. The zero-order chi connectivity index (χ0) is 14.1. The molecule has 0 heterocycles. The maximum atomic E-state index is 14.2. The van der Waals surface area contributed by atoms with Crippen molar-refractivity contribution in [2.75, 3.05) is 0 Å². The Morgan fingerprint density at radius 2 is 1.89 bits per heavy atom. The van der Waals surface area contributed by atoms with E-state index in [1.807, 2.05) is 6.92 Å². The summed E-state index contributed by atoms with van der Waals surface area (Å²) in [7, 11) is 0. The first-order valence-electron chi connectivity index (χ1n) is 7.71. The zero-order valence-corrected chi connectivity index (χ0v) is 12.3. The van der Waals surface area contributed by atoms with Crippen LogP contribution in [-0.4, -0.2) is 6.17 Å². The van der Waals surface area contributed by atoms with Crippen LogP contribution < -0.4 is 0 Å². The van der Waals surface area contributed by atoms with Crippen LogP contribution in [0.4, 0.5) is 4.39 Å². The summed E-state index contributed by atoms with van der Waals surface area (Å²) in [5, 5.41) is 8.48. The van der Waals surface area contributed by atoms with E-state index in [1.165, 1.54) is 25.7 Å². The second-order valence-electron chi connectivity index (χ2n) is 6.00. The van der Waals surface area contributed by atoms with Gasteiger partial charge in [-0.1, -0.05) is 51.9 Å². The third-order valence-corrected chi connectivity index (χ3v) is 4.34. The average molecular weight is 263 g/mol. The van der Waals surface area contributed by atoms with Crippen LogP contribution in [0, 0.1) is 40.9 Å². The molecule has 1 aliphatic rings. The van der Waals surface area contributed by atoms with Crippen molar-refractivity contribution < 1.29 is 4.39 Å². The Bertz CT molecular complexity index is 338. The molecule has 0 saturated heterocycles. The summed E-state index contributed by atoms with van der Waals surface area (Å²) < 4.78 is 14.2. The van der Waals surface area contributed by atoms with Crippen LogP contribution in [0.2, 0.25) is 0 Å². The highest BCUT2D eigenvalue weighted by molar-refractivity contribution is 5.19. The highest BCUT2D eigenvalue weighted by Crippen LogP contribution is 2.32. The molecule has 1 nitrogen and oxygen atoms in total. The van der Waals surface area contributed by atoms with Crippen LogP contribution in [0.1, 0.15) is 65.2 Å². The third kappa shape index (κ3) is 6.11. The first-order chi connectivity index (χ1) is 9.17. The molecule has 1 aliphatic carbocycles. The van der Waals surface area contributed by atoms with Crippen molar-refractivity contribution in [3.63, 3.8) is 0 Å². The molecular weight excluding hydrogens is 237 g/mol. The van der Waals surface area contributed by atoms with E-state index in [2.05, 4.69) is 18.8 Å². The van der Waals surface area contributed by atoms with Crippen molar-refractivity contribution in [1.29, 1.82) is 5.26 Å². The van der Waals surface area contributed by atoms with Gasteiger partial charge in [0.1, 0.15) is 6.17 Å². The summed E-state index contributed by atoms with van der Waals surface area (Å²) >= 11 is 0. The van der Waals surface area contributed by atoms with Gasteiger partial charge in [0.25, 0.3) is 0 Å². The molecule has 0 aliphatic heterocycles. The molecule has 0 aromatic carbocycles. The molecule has 1 rings (SSSR count). The molecule has 0 aromatic rings. The first-order valence-corrected chi connectivity index (χ1v) is 7.71. The molecule has 0 N–H and O–H groups in total. The highest BCUT2D eigenvalue weighted by atomic mass is 19.1. The number of halogens is 1. The van der Waals surface area contributed by atoms with E-state index in [-0.39, 0.29) is 5.92 Å². The van der Waals surface area contributed by atoms with Gasteiger partial charge in [-0.3, -0.25) is 0 Å². The number of alkyl halides is 1. The van der Waals surface area contributed by atoms with E-state index in [9.17, 15) is 4.39 Å². The van der Waals surface area contributed by atoms with Crippen LogP contribution in [0.15, 0.2) is 0 Å². The van der Waals surface area contributed by atoms with E-state index < -0.39 is 6.17 Å². The normalized spacial score (nSPS) is 25.8. The number of nitrogens with zero attached hydrogens (tertiary/aromatic N) is 1. The lowest BCUT2D eigenvalue weighted by atomic mass is 9.80. The summed E-state index contributed by atoms with van der Waals surface area (Å²) in [4.78, 5) is 0. The maximum absolute atomic E-state index is 14.2. The predicted octanol–water partition coefficient (Wildman–Crippen LogP) is 4.87. The molecule has 0 amide bonds. The topological polar surface area (TPSA) is 23.8 Å². The summed E-state index contributed by atoms with van der Waals surface area (Å²) in [6.45, 7) is 4.35. The number of rotatable bonds is 6. The zero-order valence-electron chi connectivity index (χ0n) is 12.3. The smallest absolute Gasteiger partial charge is 0.152 e. The Morgan fingerprint density at radius 3 is 2.47 bits per heavy atom. The quantitative estimate of drug-likeness (QED) is 0.627. The van der Waals surface area contributed by atoms with Gasteiger partial charge in [-0.2, -0.15) is 5.26 Å². The number of hydrogen-bond donors (Lipinski definition) is 0. The lowest BCUT2D eigenvalue weighted by Crippen LogP contribution is -2.18. The molecule has 2 unspecified atom stereocenters. The van der Waals surface area contributed by atoms with Gasteiger partial charge in [-0.15, -0.1) is 0 Å². The molecule has 2 heteroatoms. The van der Waals surface area contributed by atoms with Crippen LogP contribution in [0.3, 0.4) is 0 Å². The summed E-state index contributed by atoms with van der Waals surface area (Å²) in [5.74, 6) is 6.47. The fourth-order valence-electron chi connectivity index (χ4n) is 2.99. The first kappa shape index (κ1) is 16.0. The maximum Gasteiger partial charge on any atom is 0.152 e. The van der Waals surface area contributed by atoms with Crippen molar-refractivity contribution in [3.05, 3.63) is 0 Å². The fourth-order valence-corrected chi connectivity index (χ4v) is 2.99. The van der Waals surface area contributed by atoms with Crippen molar-refractivity contribution in [2.45, 2.75) is 71.4 Å². The summed E-state index contributed by atoms with van der Waals surface area (Å²) in [6.07, 6.45) is 7.55.